The van der Waals surface area contributed by atoms with E-state index in [1.54, 1.807) is 11.1 Å². The van der Waals surface area contributed by atoms with Crippen LogP contribution in [0.1, 0.15) is 85.5 Å². The highest BCUT2D eigenvalue weighted by Crippen LogP contribution is 2.43. The lowest BCUT2D eigenvalue weighted by atomic mass is 9.83. The highest BCUT2D eigenvalue weighted by atomic mass is 14.9. The smallest absolute Gasteiger partial charge is 0.200 e. The van der Waals surface area contributed by atoms with Crippen LogP contribution in [0, 0.1) is 18.3 Å². The normalized spacial score (nSPS) is 17.6. The van der Waals surface area contributed by atoms with E-state index in [4.69, 9.17) is 0 Å². The van der Waals surface area contributed by atoms with Crippen LogP contribution in [-0.2, 0) is 7.05 Å². The van der Waals surface area contributed by atoms with Crippen LogP contribution in [0.25, 0.3) is 22.0 Å². The summed E-state index contributed by atoms with van der Waals surface area (Å²) < 4.78 is 2.27. The lowest BCUT2D eigenvalue weighted by Gasteiger charge is -2.21. The highest BCUT2D eigenvalue weighted by Gasteiger charge is 2.27. The van der Waals surface area contributed by atoms with E-state index in [0.717, 1.165) is 22.8 Å². The summed E-state index contributed by atoms with van der Waals surface area (Å²) in [5.41, 5.74) is 8.01. The van der Waals surface area contributed by atoms with Gasteiger partial charge in [-0.1, -0.05) is 31.7 Å². The van der Waals surface area contributed by atoms with Gasteiger partial charge in [-0.25, -0.2) is 4.57 Å². The predicted molar refractivity (Wildman–Crippen MR) is 122 cm³/mol. The second kappa shape index (κ2) is 7.88. The van der Waals surface area contributed by atoms with Gasteiger partial charge in [-0.2, -0.15) is 5.26 Å². The summed E-state index contributed by atoms with van der Waals surface area (Å²) >= 11 is 0. The standard InChI is InChI=1S/C28H31N2/c1-19-26(22-9-5-6-10-22)16-24(21-7-3-4-8-21)17-27(19)28-25-12-11-20(18-29)15-23(25)13-14-30(28)2/h11-17,21-22H,3-10H2,1-2H3/q+1. The van der Waals surface area contributed by atoms with Crippen molar-refractivity contribution in [2.75, 3.05) is 0 Å². The maximum absolute atomic E-state index is 9.34. The zero-order valence-corrected chi connectivity index (χ0v) is 18.2. The van der Waals surface area contributed by atoms with Crippen molar-refractivity contribution in [3.05, 3.63) is 64.8 Å². The van der Waals surface area contributed by atoms with Gasteiger partial charge >= 0.3 is 0 Å². The van der Waals surface area contributed by atoms with E-state index in [0.29, 0.717) is 0 Å². The molecular weight excluding hydrogens is 364 g/mol. The third kappa shape index (κ3) is 3.31. The topological polar surface area (TPSA) is 27.7 Å². The molecule has 0 aliphatic heterocycles. The van der Waals surface area contributed by atoms with Crippen molar-refractivity contribution in [2.24, 2.45) is 7.05 Å². The SMILES string of the molecule is Cc1c(-c2c3ccc(C#N)cc3cc[n+]2C)cc(C2CCCC2)cc1C1CCCC1. The molecule has 0 saturated heterocycles. The minimum atomic E-state index is 0.718. The van der Waals surface area contributed by atoms with Gasteiger partial charge in [-0.05, 0) is 90.8 Å². The van der Waals surface area contributed by atoms with Crippen LogP contribution in [0.5, 0.6) is 0 Å². The molecule has 0 bridgehead atoms. The number of benzene rings is 2. The van der Waals surface area contributed by atoms with Gasteiger partial charge in [0.25, 0.3) is 0 Å². The number of rotatable bonds is 3. The Labute approximate surface area is 180 Å². The van der Waals surface area contributed by atoms with Gasteiger partial charge < -0.3 is 0 Å². The molecule has 30 heavy (non-hydrogen) atoms. The molecule has 2 saturated carbocycles. The Morgan fingerprint density at radius 2 is 1.60 bits per heavy atom. The molecule has 152 valence electrons. The molecule has 2 aromatic carbocycles. The van der Waals surface area contributed by atoms with E-state index >= 15 is 0 Å². The molecule has 0 amide bonds. The van der Waals surface area contributed by atoms with Crippen molar-refractivity contribution in [1.29, 1.82) is 5.26 Å². The highest BCUT2D eigenvalue weighted by molar-refractivity contribution is 5.94. The van der Waals surface area contributed by atoms with Crippen LogP contribution in [0.15, 0.2) is 42.6 Å². The Morgan fingerprint density at radius 1 is 0.900 bits per heavy atom. The second-order valence-electron chi connectivity index (χ2n) is 9.43. The lowest BCUT2D eigenvalue weighted by Crippen LogP contribution is -2.31. The predicted octanol–water partition coefficient (Wildman–Crippen LogP) is 6.83. The van der Waals surface area contributed by atoms with Crippen molar-refractivity contribution in [3.63, 3.8) is 0 Å². The Balaban J connectivity index is 1.75. The van der Waals surface area contributed by atoms with E-state index in [1.807, 2.05) is 12.1 Å². The molecule has 2 heteroatoms. The van der Waals surface area contributed by atoms with Crippen LogP contribution in [-0.4, -0.2) is 0 Å². The monoisotopic (exact) mass is 395 g/mol. The largest absolute Gasteiger partial charge is 0.220 e. The molecule has 1 heterocycles. The van der Waals surface area contributed by atoms with Gasteiger partial charge in [0.05, 0.1) is 22.6 Å². The number of nitrogens with zero attached hydrogens (tertiary/aromatic N) is 2. The molecule has 1 aromatic heterocycles. The maximum Gasteiger partial charge on any atom is 0.220 e. The summed E-state index contributed by atoms with van der Waals surface area (Å²) in [5, 5.41) is 11.7. The van der Waals surface area contributed by atoms with Crippen molar-refractivity contribution in [1.82, 2.24) is 0 Å². The number of hydrogen-bond acceptors (Lipinski definition) is 1. The number of aromatic nitrogens is 1. The fourth-order valence-electron chi connectivity index (χ4n) is 5.94. The van der Waals surface area contributed by atoms with Crippen molar-refractivity contribution >= 4 is 10.8 Å². The molecule has 0 spiro atoms. The first-order valence-electron chi connectivity index (χ1n) is 11.6. The zero-order chi connectivity index (χ0) is 20.7. The zero-order valence-electron chi connectivity index (χ0n) is 18.2. The van der Waals surface area contributed by atoms with Crippen molar-refractivity contribution < 1.29 is 4.57 Å². The van der Waals surface area contributed by atoms with Gasteiger partial charge in [-0.15, -0.1) is 0 Å². The molecule has 2 aliphatic rings. The third-order valence-corrected chi connectivity index (χ3v) is 7.61. The van der Waals surface area contributed by atoms with Gasteiger partial charge in [0, 0.05) is 6.07 Å². The third-order valence-electron chi connectivity index (χ3n) is 7.61. The maximum atomic E-state index is 9.34. The number of aryl methyl sites for hydroxylation is 1. The van der Waals surface area contributed by atoms with E-state index in [9.17, 15) is 5.26 Å². The number of nitriles is 1. The molecule has 5 rings (SSSR count). The fraction of sp³-hybridized carbons (Fsp3) is 0.429. The average molecular weight is 396 g/mol. The lowest BCUT2D eigenvalue weighted by molar-refractivity contribution is -0.659. The number of fused-ring (bicyclic) bond motifs is 1. The minimum absolute atomic E-state index is 0.718. The summed E-state index contributed by atoms with van der Waals surface area (Å²) in [5.74, 6) is 1.44. The Kier molecular flexibility index (Phi) is 5.07. The fourth-order valence-corrected chi connectivity index (χ4v) is 5.94. The Bertz CT molecular complexity index is 1140. The molecule has 0 radical (unpaired) electrons. The molecular formula is C28H31N2+. The first kappa shape index (κ1) is 19.3. The van der Waals surface area contributed by atoms with Gasteiger partial charge in [0.2, 0.25) is 5.69 Å². The molecule has 2 nitrogen and oxygen atoms in total. The van der Waals surface area contributed by atoms with Crippen molar-refractivity contribution in [2.45, 2.75) is 70.1 Å². The van der Waals surface area contributed by atoms with E-state index in [-0.39, 0.29) is 0 Å². The number of hydrogen-bond donors (Lipinski definition) is 0. The van der Waals surface area contributed by atoms with E-state index < -0.39 is 0 Å². The van der Waals surface area contributed by atoms with Gasteiger partial charge in [0.1, 0.15) is 7.05 Å². The summed E-state index contributed by atoms with van der Waals surface area (Å²) in [4.78, 5) is 0. The molecule has 2 fully saturated rings. The second-order valence-corrected chi connectivity index (χ2v) is 9.43. The van der Waals surface area contributed by atoms with Crippen LogP contribution in [0.4, 0.5) is 0 Å². The summed E-state index contributed by atoms with van der Waals surface area (Å²) in [6.07, 6.45) is 13.0. The average Bonchev–Trinajstić information content (AvgIpc) is 3.48. The quantitative estimate of drug-likeness (QED) is 0.447. The Morgan fingerprint density at radius 3 is 2.30 bits per heavy atom. The minimum Gasteiger partial charge on any atom is -0.200 e. The Hall–Kier alpha value is -2.66. The molecule has 0 unspecified atom stereocenters. The van der Waals surface area contributed by atoms with Crippen molar-refractivity contribution in [3.8, 4) is 17.3 Å². The molecule has 0 atom stereocenters. The van der Waals surface area contributed by atoms with Crippen LogP contribution in [0.2, 0.25) is 0 Å². The summed E-state index contributed by atoms with van der Waals surface area (Å²) in [7, 11) is 2.16. The molecule has 0 N–H and O–H groups in total. The van der Waals surface area contributed by atoms with E-state index in [2.05, 4.69) is 55.1 Å². The first-order valence-corrected chi connectivity index (χ1v) is 11.6. The number of pyridine rings is 1. The van der Waals surface area contributed by atoms with Gasteiger partial charge in [-0.3, -0.25) is 0 Å². The van der Waals surface area contributed by atoms with Crippen LogP contribution >= 0.6 is 0 Å². The van der Waals surface area contributed by atoms with Gasteiger partial charge in [0.15, 0.2) is 6.20 Å². The summed E-state index contributed by atoms with van der Waals surface area (Å²) in [6.45, 7) is 2.34. The first-order chi connectivity index (χ1) is 14.7. The summed E-state index contributed by atoms with van der Waals surface area (Å²) in [6, 6.07) is 15.6. The molecule has 2 aliphatic carbocycles. The van der Waals surface area contributed by atoms with Crippen LogP contribution < -0.4 is 4.57 Å². The van der Waals surface area contributed by atoms with E-state index in [1.165, 1.54) is 73.6 Å². The van der Waals surface area contributed by atoms with Crippen LogP contribution in [0.3, 0.4) is 0 Å². The molecule has 3 aromatic rings.